The second kappa shape index (κ2) is 10.00. The fourth-order valence-corrected chi connectivity index (χ4v) is 3.63. The van der Waals surface area contributed by atoms with E-state index in [4.69, 9.17) is 26.8 Å². The maximum absolute atomic E-state index is 10.9. The van der Waals surface area contributed by atoms with E-state index in [1.165, 1.54) is 25.9 Å². The Hall–Kier alpha value is -1.50. The Labute approximate surface area is 161 Å². The molecule has 0 radical (unpaired) electrons. The summed E-state index contributed by atoms with van der Waals surface area (Å²) in [7, 11) is 1.54. The molecular weight excluding hydrogens is 354 g/mol. The first-order chi connectivity index (χ1) is 12.4. The number of carbonyl (C=O) groups is 1. The van der Waals surface area contributed by atoms with Gasteiger partial charge in [0.1, 0.15) is 0 Å². The number of likely N-dealkylation sites (tertiary alicyclic amines) is 1. The molecule has 7 heteroatoms. The average molecular weight is 384 g/mol. The van der Waals surface area contributed by atoms with Crippen molar-refractivity contribution in [1.82, 2.24) is 10.2 Å². The summed E-state index contributed by atoms with van der Waals surface area (Å²) >= 11 is 6.28. The Morgan fingerprint density at radius 1 is 1.50 bits per heavy atom. The molecule has 1 amide bonds. The Kier molecular flexibility index (Phi) is 8.00. The summed E-state index contributed by atoms with van der Waals surface area (Å²) in [6.45, 7) is 8.29. The van der Waals surface area contributed by atoms with Gasteiger partial charge in [-0.15, -0.1) is 0 Å². The van der Waals surface area contributed by atoms with Crippen LogP contribution in [0.5, 0.6) is 11.5 Å². The lowest BCUT2D eigenvalue weighted by molar-refractivity contribution is -0.119. The summed E-state index contributed by atoms with van der Waals surface area (Å²) in [6, 6.07) is 4.18. The molecule has 3 N–H and O–H groups in total. The molecule has 1 aromatic carbocycles. The molecular formula is C19H30ClN3O3. The molecule has 0 saturated carbocycles. The zero-order chi connectivity index (χ0) is 19.1. The molecule has 1 aliphatic rings. The maximum Gasteiger partial charge on any atom is 0.255 e. The number of piperidine rings is 1. The lowest BCUT2D eigenvalue weighted by Crippen LogP contribution is -2.45. The second-order valence-electron chi connectivity index (χ2n) is 7.09. The topological polar surface area (TPSA) is 76.8 Å². The first-order valence-corrected chi connectivity index (χ1v) is 9.50. The molecule has 146 valence electrons. The largest absolute Gasteiger partial charge is 0.493 e. The standard InChI is InChI=1S/C19H30ClN3O3/c1-13-5-4-6-23(11-13)14(2)9-22-10-15-7-16(20)19(17(8-15)25-3)26-12-18(21)24/h7-8,13-14,22H,4-6,9-12H2,1-3H3,(H2,21,24). The van der Waals surface area contributed by atoms with E-state index in [9.17, 15) is 4.79 Å². The Bertz CT molecular complexity index is 612. The van der Waals surface area contributed by atoms with Gasteiger partial charge in [-0.1, -0.05) is 18.5 Å². The highest BCUT2D eigenvalue weighted by atomic mass is 35.5. The number of methoxy groups -OCH3 is 1. The summed E-state index contributed by atoms with van der Waals surface area (Å²) in [5, 5.41) is 3.89. The molecule has 0 spiro atoms. The van der Waals surface area contributed by atoms with Crippen molar-refractivity contribution in [3.05, 3.63) is 22.7 Å². The van der Waals surface area contributed by atoms with Gasteiger partial charge >= 0.3 is 0 Å². The smallest absolute Gasteiger partial charge is 0.255 e. The first kappa shape index (κ1) is 20.8. The number of rotatable bonds is 9. The van der Waals surface area contributed by atoms with Crippen LogP contribution >= 0.6 is 11.6 Å². The Morgan fingerprint density at radius 3 is 2.92 bits per heavy atom. The molecule has 26 heavy (non-hydrogen) atoms. The quantitative estimate of drug-likeness (QED) is 0.684. The number of primary amides is 1. The lowest BCUT2D eigenvalue weighted by Gasteiger charge is -2.35. The van der Waals surface area contributed by atoms with Gasteiger partial charge < -0.3 is 20.5 Å². The third-order valence-electron chi connectivity index (χ3n) is 4.73. The zero-order valence-electron chi connectivity index (χ0n) is 15.9. The van der Waals surface area contributed by atoms with E-state index in [2.05, 4.69) is 24.1 Å². The number of nitrogens with two attached hydrogens (primary N) is 1. The molecule has 0 bridgehead atoms. The highest BCUT2D eigenvalue weighted by Gasteiger charge is 2.20. The number of amides is 1. The van der Waals surface area contributed by atoms with Crippen LogP contribution in [0.3, 0.4) is 0 Å². The van der Waals surface area contributed by atoms with Crippen LogP contribution in [-0.2, 0) is 11.3 Å². The number of hydrogen-bond acceptors (Lipinski definition) is 5. The van der Waals surface area contributed by atoms with Gasteiger partial charge in [-0.2, -0.15) is 0 Å². The van der Waals surface area contributed by atoms with Gasteiger partial charge in [0.2, 0.25) is 0 Å². The van der Waals surface area contributed by atoms with E-state index in [0.717, 1.165) is 18.0 Å². The van der Waals surface area contributed by atoms with E-state index in [-0.39, 0.29) is 6.61 Å². The van der Waals surface area contributed by atoms with E-state index in [1.54, 1.807) is 7.11 Å². The van der Waals surface area contributed by atoms with Gasteiger partial charge in [0.15, 0.2) is 18.1 Å². The van der Waals surface area contributed by atoms with Crippen molar-refractivity contribution in [3.8, 4) is 11.5 Å². The Morgan fingerprint density at radius 2 is 2.27 bits per heavy atom. The minimum Gasteiger partial charge on any atom is -0.493 e. The predicted octanol–water partition coefficient (Wildman–Crippen LogP) is 2.42. The number of halogens is 1. The number of ether oxygens (including phenoxy) is 2. The van der Waals surface area contributed by atoms with Crippen molar-refractivity contribution in [3.63, 3.8) is 0 Å². The van der Waals surface area contributed by atoms with Crippen molar-refractivity contribution < 1.29 is 14.3 Å². The molecule has 2 atom stereocenters. The first-order valence-electron chi connectivity index (χ1n) is 9.13. The van der Waals surface area contributed by atoms with Crippen LogP contribution in [0.4, 0.5) is 0 Å². The number of benzene rings is 1. The van der Waals surface area contributed by atoms with Crippen LogP contribution in [0, 0.1) is 5.92 Å². The van der Waals surface area contributed by atoms with Gasteiger partial charge in [-0.25, -0.2) is 0 Å². The van der Waals surface area contributed by atoms with Crippen molar-refractivity contribution in [1.29, 1.82) is 0 Å². The molecule has 1 heterocycles. The van der Waals surface area contributed by atoms with Crippen LogP contribution < -0.4 is 20.5 Å². The third kappa shape index (κ3) is 6.04. The molecule has 1 aliphatic heterocycles. The molecule has 6 nitrogen and oxygen atoms in total. The van der Waals surface area contributed by atoms with Crippen LogP contribution in [0.25, 0.3) is 0 Å². The number of carbonyl (C=O) groups excluding carboxylic acids is 1. The molecule has 2 unspecified atom stereocenters. The van der Waals surface area contributed by atoms with Crippen LogP contribution in [-0.4, -0.2) is 50.2 Å². The molecule has 1 saturated heterocycles. The predicted molar refractivity (Wildman–Crippen MR) is 104 cm³/mol. The molecule has 1 aromatic rings. The molecule has 2 rings (SSSR count). The number of nitrogens with zero attached hydrogens (tertiary/aromatic N) is 1. The van der Waals surface area contributed by atoms with Gasteiger partial charge in [0, 0.05) is 25.7 Å². The summed E-state index contributed by atoms with van der Waals surface area (Å²) < 4.78 is 10.7. The van der Waals surface area contributed by atoms with Gasteiger partial charge in [0.05, 0.1) is 12.1 Å². The lowest BCUT2D eigenvalue weighted by atomic mass is 9.99. The van der Waals surface area contributed by atoms with Crippen molar-refractivity contribution >= 4 is 17.5 Å². The van der Waals surface area contributed by atoms with E-state index >= 15 is 0 Å². The van der Waals surface area contributed by atoms with Crippen molar-refractivity contribution in [2.45, 2.75) is 39.3 Å². The second-order valence-corrected chi connectivity index (χ2v) is 7.49. The van der Waals surface area contributed by atoms with Crippen LogP contribution in [0.2, 0.25) is 5.02 Å². The number of nitrogens with one attached hydrogen (secondary N) is 1. The molecule has 0 aromatic heterocycles. The highest BCUT2D eigenvalue weighted by molar-refractivity contribution is 6.32. The summed E-state index contributed by atoms with van der Waals surface area (Å²) in [4.78, 5) is 13.5. The number of hydrogen-bond donors (Lipinski definition) is 2. The SMILES string of the molecule is COc1cc(CNCC(C)N2CCCC(C)C2)cc(Cl)c1OCC(N)=O. The van der Waals surface area contributed by atoms with Crippen LogP contribution in [0.1, 0.15) is 32.3 Å². The maximum atomic E-state index is 10.9. The third-order valence-corrected chi connectivity index (χ3v) is 5.01. The fourth-order valence-electron chi connectivity index (χ4n) is 3.34. The Balaban J connectivity index is 1.90. The molecule has 1 fully saturated rings. The van der Waals surface area contributed by atoms with Crippen LogP contribution in [0.15, 0.2) is 12.1 Å². The van der Waals surface area contributed by atoms with Gasteiger partial charge in [0.25, 0.3) is 5.91 Å². The summed E-state index contributed by atoms with van der Waals surface area (Å²) in [5.74, 6) is 1.05. The minimum atomic E-state index is -0.560. The highest BCUT2D eigenvalue weighted by Crippen LogP contribution is 2.36. The van der Waals surface area contributed by atoms with Crippen molar-refractivity contribution in [2.24, 2.45) is 11.7 Å². The van der Waals surface area contributed by atoms with E-state index < -0.39 is 5.91 Å². The summed E-state index contributed by atoms with van der Waals surface area (Å²) in [6.07, 6.45) is 2.62. The van der Waals surface area contributed by atoms with Crippen molar-refractivity contribution in [2.75, 3.05) is 33.4 Å². The monoisotopic (exact) mass is 383 g/mol. The summed E-state index contributed by atoms with van der Waals surface area (Å²) in [5.41, 5.74) is 6.11. The van der Waals surface area contributed by atoms with E-state index in [1.807, 2.05) is 12.1 Å². The molecule has 0 aliphatic carbocycles. The fraction of sp³-hybridized carbons (Fsp3) is 0.632. The normalized spacial score (nSPS) is 19.2. The zero-order valence-corrected chi connectivity index (χ0v) is 16.6. The average Bonchev–Trinajstić information content (AvgIpc) is 2.60. The minimum absolute atomic E-state index is 0.237. The van der Waals surface area contributed by atoms with E-state index in [0.29, 0.717) is 29.1 Å². The van der Waals surface area contributed by atoms with Gasteiger partial charge in [-0.05, 0) is 49.9 Å². The van der Waals surface area contributed by atoms with Gasteiger partial charge in [-0.3, -0.25) is 9.69 Å².